The molecule has 0 bridgehead atoms. The molecular formula is C20H19Sb. The standard InChI is InChI=1S/2C7H7.C6H5.Sb/c2*1-7-5-3-2-4-6-7;1-2-4-6-5-3-1;/h2*2-6H,1H2;1-5H;. The number of rotatable bonds is 5. The van der Waals surface area contributed by atoms with Crippen molar-refractivity contribution < 1.29 is 0 Å². The summed E-state index contributed by atoms with van der Waals surface area (Å²) in [5, 5.41) is 0. The Morgan fingerprint density at radius 2 is 0.857 bits per heavy atom. The molecule has 0 fully saturated rings. The molecule has 0 amide bonds. The fourth-order valence-electron chi connectivity index (χ4n) is 2.48. The Labute approximate surface area is 134 Å². The zero-order chi connectivity index (χ0) is 14.3. The van der Waals surface area contributed by atoms with Crippen molar-refractivity contribution in [3.05, 3.63) is 102 Å². The minimum atomic E-state index is -1.55. The fourth-order valence-corrected chi connectivity index (χ4v) is 9.26. The van der Waals surface area contributed by atoms with E-state index in [0.29, 0.717) is 0 Å². The summed E-state index contributed by atoms with van der Waals surface area (Å²) in [5.41, 5.74) is 2.97. The van der Waals surface area contributed by atoms with Crippen LogP contribution in [0.5, 0.6) is 0 Å². The van der Waals surface area contributed by atoms with Crippen molar-refractivity contribution in [2.45, 2.75) is 8.73 Å². The molecule has 104 valence electrons. The first-order chi connectivity index (χ1) is 10.4. The van der Waals surface area contributed by atoms with Crippen molar-refractivity contribution in [2.75, 3.05) is 0 Å². The van der Waals surface area contributed by atoms with Crippen molar-refractivity contribution in [2.24, 2.45) is 0 Å². The van der Waals surface area contributed by atoms with Gasteiger partial charge in [0.2, 0.25) is 0 Å². The molecule has 0 aromatic heterocycles. The SMILES string of the molecule is c1ccc([CH2][Sb]([CH2]c2ccccc2)[c]2ccccc2)cc1. The maximum atomic E-state index is 2.33. The Bertz CT molecular complexity index is 606. The van der Waals surface area contributed by atoms with Crippen LogP contribution < -0.4 is 3.51 Å². The average Bonchev–Trinajstić information content (AvgIpc) is 2.57. The van der Waals surface area contributed by atoms with Crippen LogP contribution in [0.25, 0.3) is 0 Å². The fraction of sp³-hybridized carbons (Fsp3) is 0.100. The molecular weight excluding hydrogens is 362 g/mol. The molecule has 3 aromatic carbocycles. The zero-order valence-electron chi connectivity index (χ0n) is 12.0. The van der Waals surface area contributed by atoms with Gasteiger partial charge in [-0.2, -0.15) is 0 Å². The van der Waals surface area contributed by atoms with Crippen LogP contribution in [0.15, 0.2) is 91.0 Å². The van der Waals surface area contributed by atoms with Gasteiger partial charge < -0.3 is 0 Å². The van der Waals surface area contributed by atoms with E-state index in [1.807, 2.05) is 0 Å². The van der Waals surface area contributed by atoms with E-state index in [1.54, 1.807) is 3.51 Å². The molecule has 21 heavy (non-hydrogen) atoms. The summed E-state index contributed by atoms with van der Waals surface area (Å²) in [6.45, 7) is 0. The molecule has 0 nitrogen and oxygen atoms in total. The van der Waals surface area contributed by atoms with Crippen molar-refractivity contribution in [3.8, 4) is 0 Å². The molecule has 3 aromatic rings. The first kappa shape index (κ1) is 14.4. The third-order valence-corrected chi connectivity index (χ3v) is 10.8. The summed E-state index contributed by atoms with van der Waals surface area (Å²) >= 11 is -1.55. The van der Waals surface area contributed by atoms with E-state index in [0.717, 1.165) is 0 Å². The molecule has 0 saturated carbocycles. The van der Waals surface area contributed by atoms with Crippen LogP contribution in [0, 0.1) is 0 Å². The second-order valence-corrected chi connectivity index (χ2v) is 11.5. The van der Waals surface area contributed by atoms with E-state index in [9.17, 15) is 0 Å². The van der Waals surface area contributed by atoms with Crippen LogP contribution in [0.3, 0.4) is 0 Å². The quantitative estimate of drug-likeness (QED) is 0.588. The van der Waals surface area contributed by atoms with Crippen molar-refractivity contribution in [1.29, 1.82) is 0 Å². The van der Waals surface area contributed by atoms with E-state index < -0.39 is 20.2 Å². The van der Waals surface area contributed by atoms with Crippen LogP contribution in [0.1, 0.15) is 11.1 Å². The van der Waals surface area contributed by atoms with Crippen LogP contribution in [0.4, 0.5) is 0 Å². The molecule has 0 aliphatic carbocycles. The Kier molecular flexibility index (Phi) is 5.13. The topological polar surface area (TPSA) is 0 Å². The van der Waals surface area contributed by atoms with Crippen LogP contribution in [0.2, 0.25) is 0 Å². The second-order valence-electron chi connectivity index (χ2n) is 5.16. The third-order valence-electron chi connectivity index (χ3n) is 3.55. The van der Waals surface area contributed by atoms with Crippen molar-refractivity contribution in [3.63, 3.8) is 0 Å². The Hall–Kier alpha value is -1.52. The van der Waals surface area contributed by atoms with E-state index in [1.165, 1.54) is 19.9 Å². The van der Waals surface area contributed by atoms with Gasteiger partial charge in [0.25, 0.3) is 0 Å². The molecule has 0 unspecified atom stereocenters. The van der Waals surface area contributed by atoms with Crippen LogP contribution >= 0.6 is 0 Å². The zero-order valence-corrected chi connectivity index (χ0v) is 14.6. The normalized spacial score (nSPS) is 10.7. The monoisotopic (exact) mass is 380 g/mol. The molecule has 0 heterocycles. The van der Waals surface area contributed by atoms with Crippen LogP contribution in [-0.4, -0.2) is 20.2 Å². The van der Waals surface area contributed by atoms with Gasteiger partial charge in [-0.1, -0.05) is 0 Å². The van der Waals surface area contributed by atoms with Gasteiger partial charge in [-0.15, -0.1) is 0 Å². The first-order valence-corrected chi connectivity index (χ1v) is 12.2. The Morgan fingerprint density at radius 1 is 0.476 bits per heavy atom. The van der Waals surface area contributed by atoms with Gasteiger partial charge in [-0.25, -0.2) is 0 Å². The molecule has 0 atom stereocenters. The summed E-state index contributed by atoms with van der Waals surface area (Å²) in [4.78, 5) is 0. The molecule has 0 N–H and O–H groups in total. The summed E-state index contributed by atoms with van der Waals surface area (Å²) in [5.74, 6) is 0. The Morgan fingerprint density at radius 3 is 1.29 bits per heavy atom. The number of benzene rings is 3. The summed E-state index contributed by atoms with van der Waals surface area (Å²) < 4.78 is 4.14. The molecule has 1 heteroatoms. The molecule has 0 aliphatic rings. The summed E-state index contributed by atoms with van der Waals surface area (Å²) in [7, 11) is 0. The van der Waals surface area contributed by atoms with Crippen molar-refractivity contribution in [1.82, 2.24) is 0 Å². The van der Waals surface area contributed by atoms with Gasteiger partial charge in [0.05, 0.1) is 0 Å². The summed E-state index contributed by atoms with van der Waals surface area (Å²) in [6, 6.07) is 33.0. The average molecular weight is 381 g/mol. The van der Waals surface area contributed by atoms with Gasteiger partial charge in [0.15, 0.2) is 0 Å². The molecule has 3 rings (SSSR count). The van der Waals surface area contributed by atoms with E-state index >= 15 is 0 Å². The van der Waals surface area contributed by atoms with Crippen LogP contribution in [-0.2, 0) is 8.73 Å². The maximum absolute atomic E-state index is 2.33. The second kappa shape index (κ2) is 7.48. The van der Waals surface area contributed by atoms with Crippen molar-refractivity contribution >= 4 is 23.7 Å². The molecule has 0 spiro atoms. The molecule has 0 aliphatic heterocycles. The number of hydrogen-bond donors (Lipinski definition) is 0. The van der Waals surface area contributed by atoms with Gasteiger partial charge >= 0.3 is 135 Å². The van der Waals surface area contributed by atoms with E-state index in [-0.39, 0.29) is 0 Å². The van der Waals surface area contributed by atoms with Gasteiger partial charge in [0.1, 0.15) is 0 Å². The first-order valence-electron chi connectivity index (χ1n) is 7.30. The van der Waals surface area contributed by atoms with E-state index in [4.69, 9.17) is 0 Å². The molecule has 0 radical (unpaired) electrons. The molecule has 0 saturated heterocycles. The third kappa shape index (κ3) is 4.22. The van der Waals surface area contributed by atoms with Gasteiger partial charge in [0, 0.05) is 0 Å². The Balaban J connectivity index is 1.84. The summed E-state index contributed by atoms with van der Waals surface area (Å²) in [6.07, 6.45) is 0. The van der Waals surface area contributed by atoms with E-state index in [2.05, 4.69) is 91.0 Å². The predicted octanol–water partition coefficient (Wildman–Crippen LogP) is 3.95. The van der Waals surface area contributed by atoms with Gasteiger partial charge in [-0.05, 0) is 0 Å². The predicted molar refractivity (Wildman–Crippen MR) is 92.1 cm³/mol. The minimum absolute atomic E-state index is 1.27. The van der Waals surface area contributed by atoms with Gasteiger partial charge in [-0.3, -0.25) is 0 Å². The number of hydrogen-bond acceptors (Lipinski definition) is 0.